The van der Waals surface area contributed by atoms with E-state index in [1.807, 2.05) is 19.9 Å². The second-order valence-electron chi connectivity index (χ2n) is 6.25. The predicted octanol–water partition coefficient (Wildman–Crippen LogP) is 2.52. The molecule has 0 radical (unpaired) electrons. The Morgan fingerprint density at radius 1 is 1.32 bits per heavy atom. The number of sulfonamides is 1. The summed E-state index contributed by atoms with van der Waals surface area (Å²) >= 11 is 0. The molecule has 2 aromatic rings. The van der Waals surface area contributed by atoms with Crippen molar-refractivity contribution in [2.45, 2.75) is 20.4 Å². The van der Waals surface area contributed by atoms with E-state index in [2.05, 4.69) is 20.9 Å². The third-order valence-electron chi connectivity index (χ3n) is 3.76. The molecule has 0 aliphatic heterocycles. The van der Waals surface area contributed by atoms with Gasteiger partial charge in [0, 0.05) is 24.5 Å². The highest BCUT2D eigenvalue weighted by molar-refractivity contribution is 7.92. The summed E-state index contributed by atoms with van der Waals surface area (Å²) in [4.78, 5) is 16.2. The molecule has 6 nitrogen and oxygen atoms in total. The SMILES string of the molecule is C#Cc1cc(CNC(=O)/C=C/c2cnc(C)cc2C)cc(F)c1NS(C)(=O)=O. The van der Waals surface area contributed by atoms with E-state index < -0.39 is 15.8 Å². The number of rotatable bonds is 6. The molecule has 0 unspecified atom stereocenters. The molecule has 1 heterocycles. The minimum Gasteiger partial charge on any atom is -0.348 e. The lowest BCUT2D eigenvalue weighted by Gasteiger charge is -2.11. The minimum atomic E-state index is -3.68. The summed E-state index contributed by atoms with van der Waals surface area (Å²) < 4.78 is 39.0. The number of hydrogen-bond acceptors (Lipinski definition) is 4. The van der Waals surface area contributed by atoms with Gasteiger partial charge in [-0.25, -0.2) is 12.8 Å². The second-order valence-corrected chi connectivity index (χ2v) is 8.00. The van der Waals surface area contributed by atoms with Gasteiger partial charge >= 0.3 is 0 Å². The van der Waals surface area contributed by atoms with Crippen molar-refractivity contribution in [1.29, 1.82) is 0 Å². The van der Waals surface area contributed by atoms with E-state index in [1.54, 1.807) is 12.3 Å². The maximum absolute atomic E-state index is 14.2. The Kier molecular flexibility index (Phi) is 6.54. The fraction of sp³-hybridized carbons (Fsp3) is 0.200. The molecule has 0 fully saturated rings. The van der Waals surface area contributed by atoms with Gasteiger partial charge in [-0.1, -0.05) is 5.92 Å². The molecule has 146 valence electrons. The summed E-state index contributed by atoms with van der Waals surface area (Å²) in [7, 11) is -3.68. The third kappa shape index (κ3) is 5.93. The first kappa shape index (κ1) is 21.1. The Balaban J connectivity index is 2.09. The van der Waals surface area contributed by atoms with E-state index in [4.69, 9.17) is 6.42 Å². The molecule has 1 aromatic carbocycles. The lowest BCUT2D eigenvalue weighted by Crippen LogP contribution is -2.20. The number of terminal acetylenes is 1. The van der Waals surface area contributed by atoms with E-state index in [1.165, 1.54) is 12.1 Å². The number of halogens is 1. The van der Waals surface area contributed by atoms with Gasteiger partial charge in [0.1, 0.15) is 5.82 Å². The fourth-order valence-electron chi connectivity index (χ4n) is 2.46. The van der Waals surface area contributed by atoms with Crippen LogP contribution in [0.1, 0.15) is 27.9 Å². The van der Waals surface area contributed by atoms with Crippen molar-refractivity contribution in [3.05, 3.63) is 64.2 Å². The third-order valence-corrected chi connectivity index (χ3v) is 4.34. The summed E-state index contributed by atoms with van der Waals surface area (Å²) in [6.45, 7) is 3.83. The molecular weight excluding hydrogens is 381 g/mol. The van der Waals surface area contributed by atoms with Crippen molar-refractivity contribution in [3.8, 4) is 12.3 Å². The van der Waals surface area contributed by atoms with Crippen LogP contribution in [0.15, 0.2) is 30.5 Å². The number of carbonyl (C=O) groups excluding carboxylic acids is 1. The number of aromatic nitrogens is 1. The molecular formula is C20H20FN3O3S. The summed E-state index contributed by atoms with van der Waals surface area (Å²) in [5, 5.41) is 2.63. The Bertz CT molecular complexity index is 1090. The van der Waals surface area contributed by atoms with Gasteiger partial charge in [0.05, 0.1) is 17.5 Å². The Morgan fingerprint density at radius 2 is 2.04 bits per heavy atom. The first-order valence-electron chi connectivity index (χ1n) is 8.25. The van der Waals surface area contributed by atoms with Crippen LogP contribution in [0, 0.1) is 32.0 Å². The molecule has 0 atom stereocenters. The second kappa shape index (κ2) is 8.67. The lowest BCUT2D eigenvalue weighted by atomic mass is 10.1. The zero-order chi connectivity index (χ0) is 20.9. The first-order chi connectivity index (χ1) is 13.1. The molecule has 28 heavy (non-hydrogen) atoms. The van der Waals surface area contributed by atoms with E-state index in [9.17, 15) is 17.6 Å². The van der Waals surface area contributed by atoms with Crippen LogP contribution in [0.25, 0.3) is 6.08 Å². The Hall–Kier alpha value is -3.18. The average molecular weight is 401 g/mol. The Labute approximate surface area is 163 Å². The first-order valence-corrected chi connectivity index (χ1v) is 10.1. The van der Waals surface area contributed by atoms with Crippen molar-refractivity contribution in [2.24, 2.45) is 0 Å². The van der Waals surface area contributed by atoms with E-state index in [0.717, 1.165) is 29.1 Å². The van der Waals surface area contributed by atoms with Gasteiger partial charge in [-0.3, -0.25) is 14.5 Å². The largest absolute Gasteiger partial charge is 0.348 e. The molecule has 2 rings (SSSR count). The van der Waals surface area contributed by atoms with Crippen molar-refractivity contribution >= 4 is 27.7 Å². The standard InChI is InChI=1S/C20H20FN3O3S/c1-5-16-9-15(10-18(21)20(16)24-28(4,26)27)11-23-19(25)7-6-17-12-22-14(3)8-13(17)2/h1,6-10,12,24H,11H2,2-4H3,(H,23,25)/b7-6+. The molecule has 0 saturated heterocycles. The number of nitrogens with zero attached hydrogens (tertiary/aromatic N) is 1. The number of carbonyl (C=O) groups is 1. The van der Waals surface area contributed by atoms with Crippen LogP contribution >= 0.6 is 0 Å². The number of nitrogens with one attached hydrogen (secondary N) is 2. The van der Waals surface area contributed by atoms with Gasteiger partial charge in [0.25, 0.3) is 0 Å². The van der Waals surface area contributed by atoms with Gasteiger partial charge in [-0.15, -0.1) is 6.42 Å². The number of pyridine rings is 1. The van der Waals surface area contributed by atoms with E-state index in [0.29, 0.717) is 5.56 Å². The maximum atomic E-state index is 14.2. The summed E-state index contributed by atoms with van der Waals surface area (Å²) in [5.41, 5.74) is 2.86. The number of benzene rings is 1. The fourth-order valence-corrected chi connectivity index (χ4v) is 3.04. The molecule has 0 aliphatic rings. The van der Waals surface area contributed by atoms with E-state index in [-0.39, 0.29) is 23.7 Å². The minimum absolute atomic E-state index is 0.0268. The predicted molar refractivity (Wildman–Crippen MR) is 107 cm³/mol. The normalized spacial score (nSPS) is 11.2. The molecule has 1 aromatic heterocycles. The molecule has 0 saturated carbocycles. The van der Waals surface area contributed by atoms with Crippen molar-refractivity contribution < 1.29 is 17.6 Å². The number of anilines is 1. The summed E-state index contributed by atoms with van der Waals surface area (Å²) in [6.07, 6.45) is 10.9. The van der Waals surface area contributed by atoms with Crippen LogP contribution < -0.4 is 10.0 Å². The van der Waals surface area contributed by atoms with Crippen LogP contribution in [0.5, 0.6) is 0 Å². The van der Waals surface area contributed by atoms with Crippen LogP contribution in [-0.4, -0.2) is 25.6 Å². The topological polar surface area (TPSA) is 88.2 Å². The summed E-state index contributed by atoms with van der Waals surface area (Å²) in [6, 6.07) is 4.47. The van der Waals surface area contributed by atoms with Crippen molar-refractivity contribution in [1.82, 2.24) is 10.3 Å². The highest BCUT2D eigenvalue weighted by Gasteiger charge is 2.14. The molecule has 0 bridgehead atoms. The van der Waals surface area contributed by atoms with Gasteiger partial charge in [-0.2, -0.15) is 0 Å². The van der Waals surface area contributed by atoms with E-state index >= 15 is 0 Å². The smallest absolute Gasteiger partial charge is 0.244 e. The maximum Gasteiger partial charge on any atom is 0.244 e. The van der Waals surface area contributed by atoms with Gasteiger partial charge in [0.2, 0.25) is 15.9 Å². The highest BCUT2D eigenvalue weighted by Crippen LogP contribution is 2.22. The molecule has 0 spiro atoms. The number of aryl methyl sites for hydroxylation is 2. The molecule has 8 heteroatoms. The summed E-state index contributed by atoms with van der Waals surface area (Å²) in [5.74, 6) is 1.05. The average Bonchev–Trinajstić information content (AvgIpc) is 2.60. The molecule has 1 amide bonds. The number of hydrogen-bond donors (Lipinski definition) is 2. The van der Waals surface area contributed by atoms with Crippen molar-refractivity contribution in [2.75, 3.05) is 11.0 Å². The highest BCUT2D eigenvalue weighted by atomic mass is 32.2. The van der Waals surface area contributed by atoms with Gasteiger partial charge in [-0.05, 0) is 54.8 Å². The van der Waals surface area contributed by atoms with Gasteiger partial charge < -0.3 is 5.32 Å². The molecule has 0 aliphatic carbocycles. The van der Waals surface area contributed by atoms with Crippen LogP contribution in [0.4, 0.5) is 10.1 Å². The van der Waals surface area contributed by atoms with Crippen LogP contribution in [0.3, 0.4) is 0 Å². The zero-order valence-corrected chi connectivity index (χ0v) is 16.5. The lowest BCUT2D eigenvalue weighted by molar-refractivity contribution is -0.116. The van der Waals surface area contributed by atoms with Crippen LogP contribution in [0.2, 0.25) is 0 Å². The number of amides is 1. The quantitative estimate of drug-likeness (QED) is 0.575. The van der Waals surface area contributed by atoms with Crippen molar-refractivity contribution in [3.63, 3.8) is 0 Å². The zero-order valence-electron chi connectivity index (χ0n) is 15.7. The molecule has 2 N–H and O–H groups in total. The van der Waals surface area contributed by atoms with Gasteiger partial charge in [0.15, 0.2) is 0 Å². The Morgan fingerprint density at radius 3 is 2.64 bits per heavy atom. The van der Waals surface area contributed by atoms with Crippen LogP contribution in [-0.2, 0) is 21.4 Å². The monoisotopic (exact) mass is 401 g/mol.